The fraction of sp³-hybridized carbons (Fsp3) is 0.500. The van der Waals surface area contributed by atoms with E-state index in [2.05, 4.69) is 29.6 Å². The maximum absolute atomic E-state index is 11.5. The summed E-state index contributed by atoms with van der Waals surface area (Å²) in [7, 11) is 0. The van der Waals surface area contributed by atoms with Gasteiger partial charge in [-0.05, 0) is 31.2 Å². The molecule has 0 bridgehead atoms. The number of nitrogens with two attached hydrogens (primary N) is 1. The van der Waals surface area contributed by atoms with E-state index in [0.717, 1.165) is 12.8 Å². The SMILES string of the molecule is CC(N)CC(=O)NC1CC1Cc1ccccc1. The predicted octanol–water partition coefficient (Wildman–Crippen LogP) is 1.47. The highest BCUT2D eigenvalue weighted by atomic mass is 16.1. The van der Waals surface area contributed by atoms with Crippen LogP contribution < -0.4 is 11.1 Å². The van der Waals surface area contributed by atoms with Gasteiger partial charge in [0.25, 0.3) is 0 Å². The number of carbonyl (C=O) groups excluding carboxylic acids is 1. The summed E-state index contributed by atoms with van der Waals surface area (Å²) in [6, 6.07) is 10.7. The van der Waals surface area contributed by atoms with Crippen LogP contribution in [0.25, 0.3) is 0 Å². The lowest BCUT2D eigenvalue weighted by Gasteiger charge is -2.06. The van der Waals surface area contributed by atoms with E-state index in [4.69, 9.17) is 5.73 Å². The van der Waals surface area contributed by atoms with E-state index in [9.17, 15) is 4.79 Å². The molecule has 1 aliphatic carbocycles. The Bertz CT molecular complexity index is 375. The second kappa shape index (κ2) is 5.32. The summed E-state index contributed by atoms with van der Waals surface area (Å²) in [5.74, 6) is 0.690. The van der Waals surface area contributed by atoms with Crippen LogP contribution in [0.4, 0.5) is 0 Å². The zero-order valence-electron chi connectivity index (χ0n) is 10.2. The van der Waals surface area contributed by atoms with Crippen LogP contribution in [-0.2, 0) is 11.2 Å². The summed E-state index contributed by atoms with van der Waals surface area (Å²) in [5, 5.41) is 3.04. The standard InChI is InChI=1S/C14H20N2O/c1-10(15)7-14(17)16-13-9-12(13)8-11-5-3-2-4-6-11/h2-6,10,12-13H,7-9,15H2,1H3,(H,16,17). The number of rotatable bonds is 5. The minimum absolute atomic E-state index is 0.0543. The highest BCUT2D eigenvalue weighted by molar-refractivity contribution is 5.77. The maximum Gasteiger partial charge on any atom is 0.221 e. The van der Waals surface area contributed by atoms with Crippen LogP contribution in [0.1, 0.15) is 25.3 Å². The summed E-state index contributed by atoms with van der Waals surface area (Å²) >= 11 is 0. The summed E-state index contributed by atoms with van der Waals surface area (Å²) in [4.78, 5) is 11.5. The first-order valence-electron chi connectivity index (χ1n) is 6.24. The van der Waals surface area contributed by atoms with Gasteiger partial charge in [0, 0.05) is 18.5 Å². The van der Waals surface area contributed by atoms with E-state index in [0.29, 0.717) is 18.4 Å². The van der Waals surface area contributed by atoms with E-state index in [1.54, 1.807) is 0 Å². The van der Waals surface area contributed by atoms with Crippen molar-refractivity contribution in [1.29, 1.82) is 0 Å². The summed E-state index contributed by atoms with van der Waals surface area (Å²) in [5.41, 5.74) is 6.94. The molecule has 0 aromatic heterocycles. The van der Waals surface area contributed by atoms with Gasteiger partial charge in [0.05, 0.1) is 0 Å². The quantitative estimate of drug-likeness (QED) is 0.807. The third-order valence-electron chi connectivity index (χ3n) is 3.12. The van der Waals surface area contributed by atoms with Crippen LogP contribution in [0.15, 0.2) is 30.3 Å². The van der Waals surface area contributed by atoms with Crippen molar-refractivity contribution in [3.63, 3.8) is 0 Å². The van der Waals surface area contributed by atoms with Crippen molar-refractivity contribution in [1.82, 2.24) is 5.32 Å². The van der Waals surface area contributed by atoms with Crippen molar-refractivity contribution in [2.75, 3.05) is 0 Å². The fourth-order valence-electron chi connectivity index (χ4n) is 2.12. The Morgan fingerprint density at radius 1 is 1.47 bits per heavy atom. The molecule has 1 amide bonds. The molecule has 0 spiro atoms. The van der Waals surface area contributed by atoms with Crippen molar-refractivity contribution in [2.24, 2.45) is 11.7 Å². The van der Waals surface area contributed by atoms with Crippen LogP contribution in [0.5, 0.6) is 0 Å². The van der Waals surface area contributed by atoms with Crippen molar-refractivity contribution in [3.05, 3.63) is 35.9 Å². The molecule has 0 radical (unpaired) electrons. The molecular formula is C14H20N2O. The second-order valence-electron chi connectivity index (χ2n) is 5.04. The molecule has 3 unspecified atom stereocenters. The molecule has 1 saturated carbocycles. The molecule has 92 valence electrons. The number of hydrogen-bond acceptors (Lipinski definition) is 2. The van der Waals surface area contributed by atoms with Crippen molar-refractivity contribution >= 4 is 5.91 Å². The molecule has 0 saturated heterocycles. The van der Waals surface area contributed by atoms with Gasteiger partial charge in [-0.1, -0.05) is 30.3 Å². The number of amides is 1. The first kappa shape index (κ1) is 12.1. The monoisotopic (exact) mass is 232 g/mol. The predicted molar refractivity (Wildman–Crippen MR) is 68.5 cm³/mol. The van der Waals surface area contributed by atoms with E-state index < -0.39 is 0 Å². The Balaban J connectivity index is 1.72. The van der Waals surface area contributed by atoms with Gasteiger partial charge in [0.2, 0.25) is 5.91 Å². The normalized spacial score (nSPS) is 24.1. The van der Waals surface area contributed by atoms with Crippen LogP contribution >= 0.6 is 0 Å². The molecular weight excluding hydrogens is 212 g/mol. The third kappa shape index (κ3) is 3.86. The molecule has 17 heavy (non-hydrogen) atoms. The van der Waals surface area contributed by atoms with Crippen molar-refractivity contribution < 1.29 is 4.79 Å². The minimum atomic E-state index is -0.0543. The number of nitrogens with one attached hydrogen (secondary N) is 1. The van der Waals surface area contributed by atoms with Gasteiger partial charge in [0.1, 0.15) is 0 Å². The molecule has 3 nitrogen and oxygen atoms in total. The third-order valence-corrected chi connectivity index (χ3v) is 3.12. The zero-order chi connectivity index (χ0) is 12.3. The van der Waals surface area contributed by atoms with Crippen LogP contribution in [0, 0.1) is 5.92 Å². The second-order valence-corrected chi connectivity index (χ2v) is 5.04. The molecule has 2 rings (SSSR count). The number of carbonyl (C=O) groups is 1. The van der Waals surface area contributed by atoms with Gasteiger partial charge in [-0.3, -0.25) is 4.79 Å². The molecule has 1 aromatic rings. The Hall–Kier alpha value is -1.35. The van der Waals surface area contributed by atoms with Crippen molar-refractivity contribution in [2.45, 2.75) is 38.3 Å². The average molecular weight is 232 g/mol. The molecule has 1 aliphatic rings. The van der Waals surface area contributed by atoms with Gasteiger partial charge in [0.15, 0.2) is 0 Å². The highest BCUT2D eigenvalue weighted by Gasteiger charge is 2.37. The molecule has 0 aliphatic heterocycles. The zero-order valence-corrected chi connectivity index (χ0v) is 10.2. The average Bonchev–Trinajstić information content (AvgIpc) is 2.96. The van der Waals surface area contributed by atoms with Crippen molar-refractivity contribution in [3.8, 4) is 0 Å². The van der Waals surface area contributed by atoms with Gasteiger partial charge >= 0.3 is 0 Å². The van der Waals surface area contributed by atoms with E-state index in [-0.39, 0.29) is 11.9 Å². The Labute approximate surface area is 102 Å². The minimum Gasteiger partial charge on any atom is -0.353 e. The summed E-state index contributed by atoms with van der Waals surface area (Å²) in [6.45, 7) is 1.86. The molecule has 3 N–H and O–H groups in total. The molecule has 1 aromatic carbocycles. The van der Waals surface area contributed by atoms with Gasteiger partial charge in [-0.2, -0.15) is 0 Å². The van der Waals surface area contributed by atoms with Crippen LogP contribution in [-0.4, -0.2) is 18.0 Å². The molecule has 1 fully saturated rings. The van der Waals surface area contributed by atoms with Gasteiger partial charge in [-0.15, -0.1) is 0 Å². The largest absolute Gasteiger partial charge is 0.353 e. The molecule has 0 heterocycles. The summed E-state index contributed by atoms with van der Waals surface area (Å²) < 4.78 is 0. The topological polar surface area (TPSA) is 55.1 Å². The Morgan fingerprint density at radius 2 is 2.18 bits per heavy atom. The van der Waals surface area contributed by atoms with E-state index >= 15 is 0 Å². The Morgan fingerprint density at radius 3 is 2.82 bits per heavy atom. The van der Waals surface area contributed by atoms with Crippen LogP contribution in [0.3, 0.4) is 0 Å². The lowest BCUT2D eigenvalue weighted by Crippen LogP contribution is -2.32. The molecule has 3 heteroatoms. The number of hydrogen-bond donors (Lipinski definition) is 2. The van der Waals surface area contributed by atoms with Gasteiger partial charge in [-0.25, -0.2) is 0 Å². The molecule has 3 atom stereocenters. The van der Waals surface area contributed by atoms with E-state index in [1.165, 1.54) is 5.56 Å². The first-order valence-corrected chi connectivity index (χ1v) is 6.24. The first-order chi connectivity index (χ1) is 8.15. The van der Waals surface area contributed by atoms with Gasteiger partial charge < -0.3 is 11.1 Å². The number of benzene rings is 1. The fourth-order valence-corrected chi connectivity index (χ4v) is 2.12. The lowest BCUT2D eigenvalue weighted by atomic mass is 10.1. The Kier molecular flexibility index (Phi) is 3.79. The highest BCUT2D eigenvalue weighted by Crippen LogP contribution is 2.33. The lowest BCUT2D eigenvalue weighted by molar-refractivity contribution is -0.121. The van der Waals surface area contributed by atoms with E-state index in [1.807, 2.05) is 13.0 Å². The smallest absolute Gasteiger partial charge is 0.221 e. The van der Waals surface area contributed by atoms with Crippen LogP contribution in [0.2, 0.25) is 0 Å². The summed E-state index contributed by atoms with van der Waals surface area (Å²) in [6.07, 6.45) is 2.58. The maximum atomic E-state index is 11.5.